The largest absolute Gasteiger partial charge is 0.384 e. The van der Waals surface area contributed by atoms with Crippen molar-refractivity contribution in [3.63, 3.8) is 0 Å². The third-order valence-electron chi connectivity index (χ3n) is 2.39. The Hall–Kier alpha value is -1.44. The number of amidine groups is 1. The fourth-order valence-corrected chi connectivity index (χ4v) is 2.37. The molecule has 0 atom stereocenters. The Morgan fingerprint density at radius 1 is 1.37 bits per heavy atom. The smallest absolute Gasteiger partial charge is 0.277 e. The number of hydrogen-bond acceptors (Lipinski definition) is 3. The van der Waals surface area contributed by atoms with E-state index in [1.54, 1.807) is 24.3 Å². The number of nitrogens with two attached hydrogens (primary N) is 1. The van der Waals surface area contributed by atoms with Gasteiger partial charge in [-0.3, -0.25) is 5.41 Å². The highest BCUT2D eigenvalue weighted by molar-refractivity contribution is 7.87. The molecule has 0 aliphatic heterocycles. The second-order valence-corrected chi connectivity index (χ2v) is 6.27. The monoisotopic (exact) mass is 284 g/mol. The van der Waals surface area contributed by atoms with Gasteiger partial charge in [-0.15, -0.1) is 0 Å². The molecule has 5 N–H and O–H groups in total. The molecule has 0 heterocycles. The lowest BCUT2D eigenvalue weighted by molar-refractivity contribution is 0.547. The highest BCUT2D eigenvalue weighted by atomic mass is 32.2. The van der Waals surface area contributed by atoms with E-state index in [0.29, 0.717) is 12.1 Å². The second kappa shape index (κ2) is 6.65. The Labute approximate surface area is 114 Å². The summed E-state index contributed by atoms with van der Waals surface area (Å²) in [6.45, 7) is 4.41. The first-order valence-electron chi connectivity index (χ1n) is 5.98. The fraction of sp³-hybridized carbons (Fsp3) is 0.417. The van der Waals surface area contributed by atoms with E-state index in [9.17, 15) is 8.42 Å². The van der Waals surface area contributed by atoms with Crippen LogP contribution in [0.3, 0.4) is 0 Å². The molecule has 0 saturated heterocycles. The highest BCUT2D eigenvalue weighted by Crippen LogP contribution is 2.04. The van der Waals surface area contributed by atoms with Gasteiger partial charge in [-0.05, 0) is 17.5 Å². The van der Waals surface area contributed by atoms with Crippen LogP contribution in [-0.2, 0) is 16.8 Å². The summed E-state index contributed by atoms with van der Waals surface area (Å²) < 4.78 is 28.2. The standard InChI is InChI=1S/C12H20N4O2S/c1-9(2)7-15-19(17,18)16-8-10-4-3-5-11(6-10)12(13)14/h3-6,9,15-16H,7-8H2,1-2H3,(H3,13,14). The molecule has 0 aliphatic carbocycles. The van der Waals surface area contributed by atoms with E-state index in [1.807, 2.05) is 13.8 Å². The molecular formula is C12H20N4O2S. The van der Waals surface area contributed by atoms with Crippen molar-refractivity contribution in [2.24, 2.45) is 11.7 Å². The minimum Gasteiger partial charge on any atom is -0.384 e. The minimum atomic E-state index is -3.49. The Morgan fingerprint density at radius 2 is 2.05 bits per heavy atom. The SMILES string of the molecule is CC(C)CNS(=O)(=O)NCc1cccc(C(=N)N)c1. The molecule has 6 nitrogen and oxygen atoms in total. The third-order valence-corrected chi connectivity index (χ3v) is 3.46. The lowest BCUT2D eigenvalue weighted by Gasteiger charge is -2.10. The lowest BCUT2D eigenvalue weighted by Crippen LogP contribution is -2.38. The van der Waals surface area contributed by atoms with Gasteiger partial charge in [-0.25, -0.2) is 4.72 Å². The number of benzene rings is 1. The molecule has 7 heteroatoms. The van der Waals surface area contributed by atoms with Crippen LogP contribution in [0.1, 0.15) is 25.0 Å². The van der Waals surface area contributed by atoms with Crippen LogP contribution in [0.4, 0.5) is 0 Å². The van der Waals surface area contributed by atoms with E-state index in [0.717, 1.165) is 5.56 Å². The molecule has 0 aliphatic rings. The van der Waals surface area contributed by atoms with Gasteiger partial charge in [0.25, 0.3) is 10.2 Å². The summed E-state index contributed by atoms with van der Waals surface area (Å²) in [7, 11) is -3.49. The number of hydrogen-bond donors (Lipinski definition) is 4. The number of nitrogen functional groups attached to an aromatic ring is 1. The summed E-state index contributed by atoms with van der Waals surface area (Å²) in [5.74, 6) is 0.209. The van der Waals surface area contributed by atoms with Crippen LogP contribution in [0.5, 0.6) is 0 Å². The van der Waals surface area contributed by atoms with E-state index in [4.69, 9.17) is 11.1 Å². The Kier molecular flexibility index (Phi) is 5.46. The second-order valence-electron chi connectivity index (χ2n) is 4.68. The average Bonchev–Trinajstić information content (AvgIpc) is 2.35. The van der Waals surface area contributed by atoms with Gasteiger partial charge in [0.2, 0.25) is 0 Å². The maximum atomic E-state index is 11.6. The molecular weight excluding hydrogens is 264 g/mol. The van der Waals surface area contributed by atoms with Crippen molar-refractivity contribution in [3.05, 3.63) is 35.4 Å². The van der Waals surface area contributed by atoms with Crippen molar-refractivity contribution in [1.82, 2.24) is 9.44 Å². The fourth-order valence-electron chi connectivity index (χ4n) is 1.35. The van der Waals surface area contributed by atoms with E-state index in [-0.39, 0.29) is 18.3 Å². The van der Waals surface area contributed by atoms with E-state index < -0.39 is 10.2 Å². The summed E-state index contributed by atoms with van der Waals surface area (Å²) in [6, 6.07) is 6.91. The Balaban J connectivity index is 2.61. The first kappa shape index (κ1) is 15.6. The van der Waals surface area contributed by atoms with Crippen LogP contribution in [0.15, 0.2) is 24.3 Å². The van der Waals surface area contributed by atoms with Crippen LogP contribution in [0, 0.1) is 11.3 Å². The van der Waals surface area contributed by atoms with Gasteiger partial charge in [0, 0.05) is 18.7 Å². The summed E-state index contributed by atoms with van der Waals surface area (Å²) in [5.41, 5.74) is 6.71. The predicted octanol–water partition coefficient (Wildman–Crippen LogP) is 0.551. The van der Waals surface area contributed by atoms with Crippen molar-refractivity contribution >= 4 is 16.0 Å². The summed E-state index contributed by atoms with van der Waals surface area (Å²) in [6.07, 6.45) is 0. The van der Waals surface area contributed by atoms with Gasteiger partial charge >= 0.3 is 0 Å². The average molecular weight is 284 g/mol. The van der Waals surface area contributed by atoms with Crippen LogP contribution in [-0.4, -0.2) is 20.8 Å². The van der Waals surface area contributed by atoms with Crippen molar-refractivity contribution in [1.29, 1.82) is 5.41 Å². The van der Waals surface area contributed by atoms with Crippen LogP contribution in [0.2, 0.25) is 0 Å². The molecule has 1 aromatic carbocycles. The van der Waals surface area contributed by atoms with Gasteiger partial charge in [0.15, 0.2) is 0 Å². The van der Waals surface area contributed by atoms with E-state index in [2.05, 4.69) is 9.44 Å². The number of nitrogens with one attached hydrogen (secondary N) is 3. The van der Waals surface area contributed by atoms with E-state index >= 15 is 0 Å². The molecule has 1 aromatic rings. The van der Waals surface area contributed by atoms with Crippen LogP contribution in [0.25, 0.3) is 0 Å². The van der Waals surface area contributed by atoms with Crippen LogP contribution < -0.4 is 15.2 Å². The van der Waals surface area contributed by atoms with Gasteiger partial charge in [-0.2, -0.15) is 13.1 Å². The third kappa shape index (κ3) is 5.82. The van der Waals surface area contributed by atoms with Crippen LogP contribution >= 0.6 is 0 Å². The van der Waals surface area contributed by atoms with Crippen molar-refractivity contribution < 1.29 is 8.42 Å². The quantitative estimate of drug-likeness (QED) is 0.434. The lowest BCUT2D eigenvalue weighted by atomic mass is 10.1. The molecule has 19 heavy (non-hydrogen) atoms. The zero-order chi connectivity index (χ0) is 14.5. The molecule has 1 rings (SSSR count). The first-order valence-corrected chi connectivity index (χ1v) is 7.46. The molecule has 0 saturated carbocycles. The zero-order valence-electron chi connectivity index (χ0n) is 11.1. The minimum absolute atomic E-state index is 0.0392. The van der Waals surface area contributed by atoms with Gasteiger partial charge < -0.3 is 5.73 Å². The van der Waals surface area contributed by atoms with Crippen molar-refractivity contribution in [3.8, 4) is 0 Å². The first-order chi connectivity index (χ1) is 8.80. The molecule has 106 valence electrons. The predicted molar refractivity (Wildman–Crippen MR) is 76.1 cm³/mol. The Morgan fingerprint density at radius 3 is 2.63 bits per heavy atom. The summed E-state index contributed by atoms with van der Waals surface area (Å²) in [4.78, 5) is 0. The molecule has 0 radical (unpaired) electrons. The molecule has 0 unspecified atom stereocenters. The summed E-state index contributed by atoms with van der Waals surface area (Å²) in [5, 5.41) is 7.33. The van der Waals surface area contributed by atoms with Gasteiger partial charge in [0.1, 0.15) is 5.84 Å². The normalized spacial score (nSPS) is 11.7. The van der Waals surface area contributed by atoms with Gasteiger partial charge in [-0.1, -0.05) is 32.0 Å². The van der Waals surface area contributed by atoms with E-state index in [1.165, 1.54) is 0 Å². The molecule has 0 fully saturated rings. The number of rotatable bonds is 7. The highest BCUT2D eigenvalue weighted by Gasteiger charge is 2.09. The maximum Gasteiger partial charge on any atom is 0.277 e. The molecule has 0 amide bonds. The topological polar surface area (TPSA) is 108 Å². The molecule has 0 spiro atoms. The van der Waals surface area contributed by atoms with Crippen molar-refractivity contribution in [2.75, 3.05) is 6.54 Å². The Bertz CT molecular complexity index is 540. The zero-order valence-corrected chi connectivity index (χ0v) is 11.9. The van der Waals surface area contributed by atoms with Crippen molar-refractivity contribution in [2.45, 2.75) is 20.4 Å². The molecule has 0 bridgehead atoms. The van der Waals surface area contributed by atoms with Gasteiger partial charge in [0.05, 0.1) is 0 Å². The molecule has 0 aromatic heterocycles. The summed E-state index contributed by atoms with van der Waals surface area (Å²) >= 11 is 0. The maximum absolute atomic E-state index is 11.6.